The summed E-state index contributed by atoms with van der Waals surface area (Å²) in [7, 11) is 1.84. The lowest BCUT2D eigenvalue weighted by molar-refractivity contribution is 0.296. The van der Waals surface area contributed by atoms with Gasteiger partial charge in [0.1, 0.15) is 5.82 Å². The summed E-state index contributed by atoms with van der Waals surface area (Å²) in [6.45, 7) is 0.870. The zero-order valence-corrected chi connectivity index (χ0v) is 9.61. The summed E-state index contributed by atoms with van der Waals surface area (Å²) in [4.78, 5) is 1.08. The molecule has 0 aliphatic rings. The summed E-state index contributed by atoms with van der Waals surface area (Å²) in [6.07, 6.45) is 0.765. The summed E-state index contributed by atoms with van der Waals surface area (Å²) in [6, 6.07) is 4.82. The average Bonchev–Trinajstić information content (AvgIpc) is 2.22. The number of halogens is 1. The van der Waals surface area contributed by atoms with E-state index in [1.807, 2.05) is 7.05 Å². The van der Waals surface area contributed by atoms with Crippen LogP contribution in [0.2, 0.25) is 0 Å². The van der Waals surface area contributed by atoms with Crippen LogP contribution in [-0.4, -0.2) is 24.5 Å². The lowest BCUT2D eigenvalue weighted by atomic mass is 10.2. The smallest absolute Gasteiger partial charge is 0.123 e. The Morgan fingerprint density at radius 1 is 1.47 bits per heavy atom. The minimum Gasteiger partial charge on any atom is -0.396 e. The first-order chi connectivity index (χ1) is 7.27. The first-order valence-corrected chi connectivity index (χ1v) is 5.93. The topological polar surface area (TPSA) is 32.3 Å². The van der Waals surface area contributed by atoms with Gasteiger partial charge in [-0.15, -0.1) is 11.8 Å². The molecule has 0 atom stereocenters. The van der Waals surface area contributed by atoms with Gasteiger partial charge in [0.25, 0.3) is 0 Å². The first-order valence-electron chi connectivity index (χ1n) is 4.94. The molecular formula is C11H16FNOS. The van der Waals surface area contributed by atoms with Crippen molar-refractivity contribution >= 4 is 11.8 Å². The van der Waals surface area contributed by atoms with Crippen LogP contribution in [-0.2, 0) is 6.54 Å². The molecule has 0 unspecified atom stereocenters. The largest absolute Gasteiger partial charge is 0.396 e. The third kappa shape index (κ3) is 4.20. The highest BCUT2D eigenvalue weighted by molar-refractivity contribution is 7.99. The van der Waals surface area contributed by atoms with Gasteiger partial charge >= 0.3 is 0 Å². The van der Waals surface area contributed by atoms with Crippen LogP contribution in [0.15, 0.2) is 23.1 Å². The molecule has 4 heteroatoms. The molecule has 0 aliphatic heterocycles. The van der Waals surface area contributed by atoms with Crippen LogP contribution >= 0.6 is 11.8 Å². The summed E-state index contributed by atoms with van der Waals surface area (Å²) in [5, 5.41) is 11.7. The minimum absolute atomic E-state index is 0.202. The molecule has 84 valence electrons. The normalized spacial score (nSPS) is 10.6. The number of aliphatic hydroxyl groups excluding tert-OH is 1. The second kappa shape index (κ2) is 6.82. The fourth-order valence-electron chi connectivity index (χ4n) is 1.26. The molecule has 15 heavy (non-hydrogen) atoms. The SMILES string of the molecule is CNCc1cc(F)ccc1SCCCO. The fourth-order valence-corrected chi connectivity index (χ4v) is 2.24. The van der Waals surface area contributed by atoms with E-state index in [9.17, 15) is 4.39 Å². The van der Waals surface area contributed by atoms with Gasteiger partial charge in [-0.25, -0.2) is 4.39 Å². The molecule has 0 spiro atoms. The van der Waals surface area contributed by atoms with Gasteiger partial charge in [0.15, 0.2) is 0 Å². The minimum atomic E-state index is -0.202. The summed E-state index contributed by atoms with van der Waals surface area (Å²) < 4.78 is 13.0. The predicted molar refractivity (Wildman–Crippen MR) is 61.6 cm³/mol. The second-order valence-corrected chi connectivity index (χ2v) is 4.34. The van der Waals surface area contributed by atoms with Crippen molar-refractivity contribution in [3.8, 4) is 0 Å². The molecule has 0 radical (unpaired) electrons. The lowest BCUT2D eigenvalue weighted by Gasteiger charge is -2.08. The van der Waals surface area contributed by atoms with E-state index in [0.29, 0.717) is 6.54 Å². The summed E-state index contributed by atoms with van der Waals surface area (Å²) in [5.41, 5.74) is 0.973. The van der Waals surface area contributed by atoms with Crippen molar-refractivity contribution in [2.45, 2.75) is 17.9 Å². The Morgan fingerprint density at radius 3 is 2.93 bits per heavy atom. The lowest BCUT2D eigenvalue weighted by Crippen LogP contribution is -2.06. The number of aliphatic hydroxyl groups is 1. The van der Waals surface area contributed by atoms with Crippen LogP contribution in [0.4, 0.5) is 4.39 Å². The van der Waals surface area contributed by atoms with E-state index in [4.69, 9.17) is 5.11 Å². The molecule has 0 saturated heterocycles. The second-order valence-electron chi connectivity index (χ2n) is 3.21. The van der Waals surface area contributed by atoms with Crippen molar-refractivity contribution in [3.63, 3.8) is 0 Å². The van der Waals surface area contributed by atoms with Crippen LogP contribution in [0, 0.1) is 5.82 Å². The van der Waals surface area contributed by atoms with Gasteiger partial charge in [-0.3, -0.25) is 0 Å². The van der Waals surface area contributed by atoms with Gasteiger partial charge in [-0.1, -0.05) is 0 Å². The highest BCUT2D eigenvalue weighted by Gasteiger charge is 2.03. The van der Waals surface area contributed by atoms with Gasteiger partial charge in [-0.2, -0.15) is 0 Å². The Kier molecular flexibility index (Phi) is 5.68. The number of rotatable bonds is 6. The van der Waals surface area contributed by atoms with Crippen molar-refractivity contribution in [2.75, 3.05) is 19.4 Å². The van der Waals surface area contributed by atoms with Crippen molar-refractivity contribution in [2.24, 2.45) is 0 Å². The standard InChI is InChI=1S/C11H16FNOS/c1-13-8-9-7-10(12)3-4-11(9)15-6-2-5-14/h3-4,7,13-14H,2,5-6,8H2,1H3. The van der Waals surface area contributed by atoms with Crippen molar-refractivity contribution in [3.05, 3.63) is 29.6 Å². The molecule has 1 aromatic carbocycles. The van der Waals surface area contributed by atoms with E-state index in [2.05, 4.69) is 5.32 Å². The van der Waals surface area contributed by atoms with Crippen LogP contribution in [0.25, 0.3) is 0 Å². The van der Waals surface area contributed by atoms with Crippen molar-refractivity contribution in [1.29, 1.82) is 0 Å². The van der Waals surface area contributed by atoms with Crippen LogP contribution < -0.4 is 5.32 Å². The number of hydrogen-bond donors (Lipinski definition) is 2. The molecule has 2 N–H and O–H groups in total. The van der Waals surface area contributed by atoms with Crippen LogP contribution in [0.5, 0.6) is 0 Å². The van der Waals surface area contributed by atoms with E-state index in [-0.39, 0.29) is 12.4 Å². The molecule has 0 saturated carbocycles. The number of nitrogens with one attached hydrogen (secondary N) is 1. The maximum Gasteiger partial charge on any atom is 0.123 e. The summed E-state index contributed by atoms with van der Waals surface area (Å²) >= 11 is 1.65. The van der Waals surface area contributed by atoms with E-state index in [0.717, 1.165) is 22.6 Å². The highest BCUT2D eigenvalue weighted by atomic mass is 32.2. The third-order valence-electron chi connectivity index (χ3n) is 1.95. The number of benzene rings is 1. The molecule has 0 fully saturated rings. The van der Waals surface area contributed by atoms with Crippen LogP contribution in [0.1, 0.15) is 12.0 Å². The Morgan fingerprint density at radius 2 is 2.27 bits per heavy atom. The predicted octanol–water partition coefficient (Wildman–Crippen LogP) is 2.02. The van der Waals surface area contributed by atoms with Gasteiger partial charge < -0.3 is 10.4 Å². The van der Waals surface area contributed by atoms with E-state index in [1.165, 1.54) is 6.07 Å². The maximum absolute atomic E-state index is 13.0. The van der Waals surface area contributed by atoms with Crippen molar-refractivity contribution in [1.82, 2.24) is 5.32 Å². The van der Waals surface area contributed by atoms with Gasteiger partial charge in [0, 0.05) is 23.8 Å². The average molecular weight is 229 g/mol. The molecule has 0 bridgehead atoms. The van der Waals surface area contributed by atoms with Gasteiger partial charge in [0.05, 0.1) is 0 Å². The first kappa shape index (κ1) is 12.5. The zero-order chi connectivity index (χ0) is 11.1. The van der Waals surface area contributed by atoms with E-state index >= 15 is 0 Å². The molecule has 1 rings (SSSR count). The Hall–Kier alpha value is -0.580. The molecule has 1 aromatic rings. The Bertz CT molecular complexity index is 307. The Labute approximate surface area is 93.9 Å². The molecule has 0 heterocycles. The maximum atomic E-state index is 13.0. The van der Waals surface area contributed by atoms with Gasteiger partial charge in [0.2, 0.25) is 0 Å². The van der Waals surface area contributed by atoms with E-state index in [1.54, 1.807) is 23.9 Å². The monoisotopic (exact) mass is 229 g/mol. The molecular weight excluding hydrogens is 213 g/mol. The zero-order valence-electron chi connectivity index (χ0n) is 8.79. The Balaban J connectivity index is 2.67. The highest BCUT2D eigenvalue weighted by Crippen LogP contribution is 2.24. The number of thioether (sulfide) groups is 1. The van der Waals surface area contributed by atoms with Crippen molar-refractivity contribution < 1.29 is 9.50 Å². The molecule has 0 amide bonds. The summed E-state index contributed by atoms with van der Waals surface area (Å²) in [5.74, 6) is 0.658. The van der Waals surface area contributed by atoms with E-state index < -0.39 is 0 Å². The molecule has 0 aliphatic carbocycles. The molecule has 0 aromatic heterocycles. The third-order valence-corrected chi connectivity index (χ3v) is 3.15. The quantitative estimate of drug-likeness (QED) is 0.578. The molecule has 2 nitrogen and oxygen atoms in total. The fraction of sp³-hybridized carbons (Fsp3) is 0.455. The number of hydrogen-bond acceptors (Lipinski definition) is 3. The van der Waals surface area contributed by atoms with Crippen LogP contribution in [0.3, 0.4) is 0 Å². The van der Waals surface area contributed by atoms with Gasteiger partial charge in [-0.05, 0) is 37.2 Å².